The zero-order chi connectivity index (χ0) is 20.2. The third-order valence-electron chi connectivity index (χ3n) is 3.52. The minimum absolute atomic E-state index is 0.166. The number of nitrogens with two attached hydrogens (primary N) is 1. The van der Waals surface area contributed by atoms with E-state index in [4.69, 9.17) is 10.5 Å². The summed E-state index contributed by atoms with van der Waals surface area (Å²) < 4.78 is 5.24. The van der Waals surface area contributed by atoms with Crippen molar-refractivity contribution in [3.63, 3.8) is 0 Å². The summed E-state index contributed by atoms with van der Waals surface area (Å²) in [6, 6.07) is -1.57. The number of alkyl carbamates (subject to hydrolysis) is 1. The van der Waals surface area contributed by atoms with E-state index in [1.807, 2.05) is 34.6 Å². The van der Waals surface area contributed by atoms with Gasteiger partial charge in [-0.15, -0.1) is 0 Å². The molecule has 25 heavy (non-hydrogen) atoms. The van der Waals surface area contributed by atoms with Crippen molar-refractivity contribution in [1.29, 1.82) is 0 Å². The van der Waals surface area contributed by atoms with Crippen molar-refractivity contribution in [2.75, 3.05) is 7.05 Å². The van der Waals surface area contributed by atoms with Crippen LogP contribution in [-0.2, 0) is 14.3 Å². The Balaban J connectivity index is 5.41. The lowest BCUT2D eigenvalue weighted by atomic mass is 9.85. The van der Waals surface area contributed by atoms with Crippen molar-refractivity contribution < 1.29 is 19.1 Å². The highest BCUT2D eigenvalue weighted by Gasteiger charge is 2.38. The zero-order valence-corrected chi connectivity index (χ0v) is 17.1. The molecule has 0 heterocycles. The van der Waals surface area contributed by atoms with Gasteiger partial charge in [0.05, 0.1) is 0 Å². The van der Waals surface area contributed by atoms with E-state index >= 15 is 0 Å². The fraction of sp³-hybridized carbons (Fsp3) is 0.833. The molecule has 3 amide bonds. The van der Waals surface area contributed by atoms with Crippen LogP contribution in [0, 0.1) is 11.3 Å². The summed E-state index contributed by atoms with van der Waals surface area (Å²) in [5, 5.41) is 2.63. The summed E-state index contributed by atoms with van der Waals surface area (Å²) in [4.78, 5) is 38.2. The van der Waals surface area contributed by atoms with Gasteiger partial charge in [-0.05, 0) is 38.5 Å². The Morgan fingerprint density at radius 1 is 1.08 bits per heavy atom. The molecular formula is C18H35N3O4. The first kappa shape index (κ1) is 23.2. The highest BCUT2D eigenvalue weighted by atomic mass is 16.6. The molecule has 0 saturated heterocycles. The largest absolute Gasteiger partial charge is 0.444 e. The molecule has 0 bridgehead atoms. The second-order valence-electron chi connectivity index (χ2n) is 8.95. The van der Waals surface area contributed by atoms with Crippen LogP contribution in [0.15, 0.2) is 0 Å². The van der Waals surface area contributed by atoms with E-state index in [-0.39, 0.29) is 11.8 Å². The Bertz CT molecular complexity index is 490. The summed E-state index contributed by atoms with van der Waals surface area (Å²) in [5.41, 5.74) is 4.32. The SMILES string of the molecule is CC(C)C[C@H](NC(=O)OC(C)(C)C)C(=O)N(C)[C@H](C(N)=O)C(C)(C)C. The number of primary amides is 1. The second-order valence-corrected chi connectivity index (χ2v) is 8.95. The van der Waals surface area contributed by atoms with Crippen molar-refractivity contribution >= 4 is 17.9 Å². The highest BCUT2D eigenvalue weighted by molar-refractivity contribution is 5.91. The maximum absolute atomic E-state index is 12.9. The van der Waals surface area contributed by atoms with Crippen molar-refractivity contribution in [3.05, 3.63) is 0 Å². The molecule has 7 heteroatoms. The van der Waals surface area contributed by atoms with Gasteiger partial charge in [0.25, 0.3) is 0 Å². The number of hydrogen-bond donors (Lipinski definition) is 2. The Labute approximate surface area is 151 Å². The minimum Gasteiger partial charge on any atom is -0.444 e. The van der Waals surface area contributed by atoms with Crippen LogP contribution in [-0.4, -0.2) is 47.5 Å². The van der Waals surface area contributed by atoms with Crippen LogP contribution >= 0.6 is 0 Å². The van der Waals surface area contributed by atoms with E-state index in [0.29, 0.717) is 6.42 Å². The van der Waals surface area contributed by atoms with E-state index in [2.05, 4.69) is 5.32 Å². The van der Waals surface area contributed by atoms with E-state index < -0.39 is 35.1 Å². The quantitative estimate of drug-likeness (QED) is 0.761. The van der Waals surface area contributed by atoms with Crippen LogP contribution in [0.3, 0.4) is 0 Å². The number of carbonyl (C=O) groups excluding carboxylic acids is 3. The number of carbonyl (C=O) groups is 3. The Morgan fingerprint density at radius 2 is 1.56 bits per heavy atom. The van der Waals surface area contributed by atoms with Crippen LogP contribution < -0.4 is 11.1 Å². The van der Waals surface area contributed by atoms with Gasteiger partial charge in [0.2, 0.25) is 11.8 Å². The van der Waals surface area contributed by atoms with Crippen molar-refractivity contribution in [3.8, 4) is 0 Å². The molecule has 0 aromatic rings. The summed E-state index contributed by atoms with van der Waals surface area (Å²) in [5.74, 6) is -0.777. The maximum Gasteiger partial charge on any atom is 0.408 e. The first-order valence-corrected chi connectivity index (χ1v) is 8.61. The number of likely N-dealkylation sites (N-methyl/N-ethyl adjacent to an activating group) is 1. The number of ether oxygens (including phenoxy) is 1. The summed E-state index contributed by atoms with van der Waals surface area (Å²) in [7, 11) is 1.53. The predicted molar refractivity (Wildman–Crippen MR) is 97.8 cm³/mol. The third kappa shape index (κ3) is 8.23. The summed E-state index contributed by atoms with van der Waals surface area (Å²) in [6.07, 6.45) is -0.232. The average molecular weight is 357 g/mol. The van der Waals surface area contributed by atoms with Gasteiger partial charge in [0.15, 0.2) is 0 Å². The normalized spacial score (nSPS) is 14.6. The lowest BCUT2D eigenvalue weighted by molar-refractivity contribution is -0.143. The monoisotopic (exact) mass is 357 g/mol. The van der Waals surface area contributed by atoms with Crippen molar-refractivity contribution in [1.82, 2.24) is 10.2 Å². The first-order chi connectivity index (χ1) is 11.1. The minimum atomic E-state index is -0.788. The molecule has 0 aliphatic carbocycles. The molecule has 0 aliphatic rings. The van der Waals surface area contributed by atoms with Gasteiger partial charge in [-0.1, -0.05) is 34.6 Å². The molecule has 0 unspecified atom stereocenters. The van der Waals surface area contributed by atoms with Gasteiger partial charge >= 0.3 is 6.09 Å². The van der Waals surface area contributed by atoms with Gasteiger partial charge in [-0.2, -0.15) is 0 Å². The number of hydrogen-bond acceptors (Lipinski definition) is 4. The molecule has 0 radical (unpaired) electrons. The average Bonchev–Trinajstić information content (AvgIpc) is 2.31. The van der Waals surface area contributed by atoms with Crippen LogP contribution in [0.4, 0.5) is 4.79 Å². The number of nitrogens with one attached hydrogen (secondary N) is 1. The third-order valence-corrected chi connectivity index (χ3v) is 3.52. The molecule has 2 atom stereocenters. The van der Waals surface area contributed by atoms with Crippen LogP contribution in [0.25, 0.3) is 0 Å². The van der Waals surface area contributed by atoms with Gasteiger partial charge in [0, 0.05) is 7.05 Å². The molecule has 3 N–H and O–H groups in total. The maximum atomic E-state index is 12.9. The lowest BCUT2D eigenvalue weighted by Gasteiger charge is -2.37. The molecule has 0 spiro atoms. The molecule has 0 aromatic heterocycles. The van der Waals surface area contributed by atoms with Gasteiger partial charge in [-0.25, -0.2) is 4.79 Å². The lowest BCUT2D eigenvalue weighted by Crippen LogP contribution is -2.58. The molecule has 7 nitrogen and oxygen atoms in total. The van der Waals surface area contributed by atoms with E-state index in [0.717, 1.165) is 0 Å². The molecule has 0 aromatic carbocycles. The molecule has 0 rings (SSSR count). The first-order valence-electron chi connectivity index (χ1n) is 8.61. The number of rotatable bonds is 6. The van der Waals surface area contributed by atoms with E-state index in [1.165, 1.54) is 11.9 Å². The summed E-state index contributed by atoms with van der Waals surface area (Å²) in [6.45, 7) is 14.7. The van der Waals surface area contributed by atoms with Crippen molar-refractivity contribution in [2.45, 2.75) is 79.5 Å². The van der Waals surface area contributed by atoms with Crippen LogP contribution in [0.5, 0.6) is 0 Å². The standard InChI is InChI=1S/C18H35N3O4/c1-11(2)10-12(20-16(24)25-18(6,7)8)15(23)21(9)13(14(19)22)17(3,4)5/h11-13H,10H2,1-9H3,(H2,19,22)(H,20,24)/t12-,13+/m0/s1. The molecular weight excluding hydrogens is 322 g/mol. The molecule has 0 aliphatic heterocycles. The predicted octanol–water partition coefficient (Wildman–Crippen LogP) is 2.28. The Morgan fingerprint density at radius 3 is 1.88 bits per heavy atom. The summed E-state index contributed by atoms with van der Waals surface area (Å²) >= 11 is 0. The van der Waals surface area contributed by atoms with Gasteiger partial charge in [0.1, 0.15) is 17.7 Å². The Kier molecular flexibility index (Phi) is 7.93. The number of nitrogens with zero attached hydrogens (tertiary/aromatic N) is 1. The molecule has 0 saturated carbocycles. The number of amides is 3. The van der Waals surface area contributed by atoms with E-state index in [1.54, 1.807) is 20.8 Å². The fourth-order valence-corrected chi connectivity index (χ4v) is 2.71. The molecule has 146 valence electrons. The van der Waals surface area contributed by atoms with Crippen LogP contribution in [0.2, 0.25) is 0 Å². The Hall–Kier alpha value is -1.79. The second kappa shape index (κ2) is 8.54. The van der Waals surface area contributed by atoms with Gasteiger partial charge < -0.3 is 20.7 Å². The highest BCUT2D eigenvalue weighted by Crippen LogP contribution is 2.24. The van der Waals surface area contributed by atoms with E-state index in [9.17, 15) is 14.4 Å². The zero-order valence-electron chi connectivity index (χ0n) is 17.1. The molecule has 0 fully saturated rings. The van der Waals surface area contributed by atoms with Crippen molar-refractivity contribution in [2.24, 2.45) is 17.1 Å². The smallest absolute Gasteiger partial charge is 0.408 e. The van der Waals surface area contributed by atoms with Gasteiger partial charge in [-0.3, -0.25) is 9.59 Å². The topological polar surface area (TPSA) is 102 Å². The van der Waals surface area contributed by atoms with Crippen LogP contribution in [0.1, 0.15) is 61.8 Å². The fourth-order valence-electron chi connectivity index (χ4n) is 2.71.